The molecule has 0 aromatic carbocycles. The smallest absolute Gasteiger partial charge is 0.377 e. The van der Waals surface area contributed by atoms with Gasteiger partial charge in [-0.15, -0.1) is 0 Å². The van der Waals surface area contributed by atoms with Gasteiger partial charge in [-0.1, -0.05) is 5.16 Å². The molecule has 0 bridgehead atoms. The minimum absolute atomic E-state index is 0.328. The molecule has 0 saturated carbocycles. The molecule has 0 rings (SSSR count). The maximum absolute atomic E-state index is 11.1. The molecule has 0 aliphatic carbocycles. The van der Waals surface area contributed by atoms with E-state index >= 15 is 0 Å². The van der Waals surface area contributed by atoms with Crippen LogP contribution in [0.5, 0.6) is 0 Å². The number of rotatable bonds is 4. The van der Waals surface area contributed by atoms with Crippen molar-refractivity contribution < 1.29 is 23.9 Å². The zero-order valence-electron chi connectivity index (χ0n) is 9.07. The molecular formula is C9H13NO5. The highest BCUT2D eigenvalue weighted by molar-refractivity contribution is 5.94. The third-order valence-corrected chi connectivity index (χ3v) is 1.16. The minimum atomic E-state index is -0.801. The third-order valence-electron chi connectivity index (χ3n) is 1.16. The summed E-state index contributed by atoms with van der Waals surface area (Å²) in [4.78, 5) is 26.6. The number of nitrogens with zero attached hydrogens (tertiary/aromatic N) is 1. The topological polar surface area (TPSA) is 74.2 Å². The number of hydrogen-bond donors (Lipinski definition) is 0. The van der Waals surface area contributed by atoms with Crippen molar-refractivity contribution in [3.05, 3.63) is 11.8 Å². The quantitative estimate of drug-likeness (QED) is 0.226. The van der Waals surface area contributed by atoms with E-state index in [1.54, 1.807) is 13.8 Å². The van der Waals surface area contributed by atoms with E-state index in [4.69, 9.17) is 4.84 Å². The summed E-state index contributed by atoms with van der Waals surface area (Å²) in [5.41, 5.74) is 0.592. The minimum Gasteiger partial charge on any atom is -0.466 e. The van der Waals surface area contributed by atoms with E-state index in [0.717, 1.165) is 6.08 Å². The molecule has 0 aliphatic rings. The molecule has 0 aromatic heterocycles. The van der Waals surface area contributed by atoms with Crippen molar-refractivity contribution in [2.24, 2.45) is 5.16 Å². The van der Waals surface area contributed by atoms with E-state index in [1.807, 2.05) is 0 Å². The van der Waals surface area contributed by atoms with Crippen LogP contribution in [0.4, 0.5) is 0 Å². The first-order chi connectivity index (χ1) is 7.01. The second-order valence-corrected chi connectivity index (χ2v) is 2.65. The lowest BCUT2D eigenvalue weighted by Gasteiger charge is -2.02. The van der Waals surface area contributed by atoms with Gasteiger partial charge < -0.3 is 14.3 Å². The summed E-state index contributed by atoms with van der Waals surface area (Å²) < 4.78 is 8.71. The van der Waals surface area contributed by atoms with Crippen molar-refractivity contribution in [2.45, 2.75) is 13.8 Å². The molecule has 0 saturated heterocycles. The van der Waals surface area contributed by atoms with Crippen LogP contribution in [0.15, 0.2) is 17.0 Å². The monoisotopic (exact) mass is 215 g/mol. The molecular weight excluding hydrogens is 202 g/mol. The lowest BCUT2D eigenvalue weighted by Crippen LogP contribution is -2.09. The van der Waals surface area contributed by atoms with Gasteiger partial charge in [0.2, 0.25) is 5.76 Å². The molecule has 0 atom stereocenters. The Bertz CT molecular complexity index is 302. The Kier molecular flexibility index (Phi) is 5.77. The molecule has 84 valence electrons. The van der Waals surface area contributed by atoms with Crippen LogP contribution in [-0.2, 0) is 23.9 Å². The molecule has 0 N–H and O–H groups in total. The van der Waals surface area contributed by atoms with E-state index in [-0.39, 0.29) is 5.76 Å². The van der Waals surface area contributed by atoms with Crippen molar-refractivity contribution in [1.29, 1.82) is 0 Å². The Morgan fingerprint density at radius 1 is 1.13 bits per heavy atom. The van der Waals surface area contributed by atoms with Gasteiger partial charge in [-0.2, -0.15) is 0 Å². The molecule has 6 heteroatoms. The molecule has 0 fully saturated rings. The fraction of sp³-hybridized carbons (Fsp3) is 0.444. The average molecular weight is 215 g/mol. The van der Waals surface area contributed by atoms with Crippen LogP contribution in [0.3, 0.4) is 0 Å². The van der Waals surface area contributed by atoms with Gasteiger partial charge >= 0.3 is 11.9 Å². The first-order valence-corrected chi connectivity index (χ1v) is 4.07. The average Bonchev–Trinajstić information content (AvgIpc) is 2.22. The summed E-state index contributed by atoms with van der Waals surface area (Å²) in [6, 6.07) is 0. The zero-order chi connectivity index (χ0) is 11.8. The second kappa shape index (κ2) is 6.58. The van der Waals surface area contributed by atoms with Crippen LogP contribution < -0.4 is 0 Å². The highest BCUT2D eigenvalue weighted by atomic mass is 16.7. The summed E-state index contributed by atoms with van der Waals surface area (Å²) in [6.07, 6.45) is 0.859. The molecule has 0 aromatic rings. The predicted molar refractivity (Wildman–Crippen MR) is 52.0 cm³/mol. The second-order valence-electron chi connectivity index (χ2n) is 2.65. The lowest BCUT2D eigenvalue weighted by atomic mass is 10.4. The summed E-state index contributed by atoms with van der Waals surface area (Å²) in [6.45, 7) is 3.35. The maximum Gasteiger partial charge on any atom is 0.377 e. The van der Waals surface area contributed by atoms with Gasteiger partial charge in [-0.05, 0) is 13.8 Å². The van der Waals surface area contributed by atoms with Crippen molar-refractivity contribution in [1.82, 2.24) is 0 Å². The molecule has 0 aliphatic heterocycles. The van der Waals surface area contributed by atoms with E-state index in [1.165, 1.54) is 14.2 Å². The summed E-state index contributed by atoms with van der Waals surface area (Å²) in [5.74, 6) is -1.85. The van der Waals surface area contributed by atoms with Crippen molar-refractivity contribution >= 4 is 17.7 Å². The Labute approximate surface area is 87.5 Å². The van der Waals surface area contributed by atoms with Gasteiger partial charge in [-0.25, -0.2) is 9.59 Å². The standard InChI is InChI=1S/C9H13NO5/c1-6(2)10-15-7(9(12)14-4)5-8(11)13-3/h5H,1-4H3. The third kappa shape index (κ3) is 5.45. The van der Waals surface area contributed by atoms with Crippen LogP contribution in [0, 0.1) is 0 Å². The van der Waals surface area contributed by atoms with Gasteiger partial charge in [0.1, 0.15) is 0 Å². The van der Waals surface area contributed by atoms with Crippen LogP contribution in [0.2, 0.25) is 0 Å². The summed E-state index contributed by atoms with van der Waals surface area (Å²) >= 11 is 0. The fourth-order valence-electron chi connectivity index (χ4n) is 0.530. The SMILES string of the molecule is COC(=O)C=C(ON=C(C)C)C(=O)OC. The number of carbonyl (C=O) groups excluding carboxylic acids is 2. The largest absolute Gasteiger partial charge is 0.466 e. The Morgan fingerprint density at radius 3 is 2.13 bits per heavy atom. The number of methoxy groups -OCH3 is 2. The highest BCUT2D eigenvalue weighted by Gasteiger charge is 2.14. The number of ether oxygens (including phenoxy) is 2. The number of esters is 2. The maximum atomic E-state index is 11.1. The van der Waals surface area contributed by atoms with Crippen LogP contribution in [0.1, 0.15) is 13.8 Å². The van der Waals surface area contributed by atoms with E-state index in [2.05, 4.69) is 14.6 Å². The highest BCUT2D eigenvalue weighted by Crippen LogP contribution is 2.02. The van der Waals surface area contributed by atoms with Gasteiger partial charge in [-0.3, -0.25) is 0 Å². The predicted octanol–water partition coefficient (Wildman–Crippen LogP) is 0.629. The molecule has 15 heavy (non-hydrogen) atoms. The molecule has 0 heterocycles. The molecule has 0 spiro atoms. The van der Waals surface area contributed by atoms with Crippen LogP contribution in [-0.4, -0.2) is 31.9 Å². The zero-order valence-corrected chi connectivity index (χ0v) is 9.07. The van der Waals surface area contributed by atoms with Gasteiger partial charge in [0.05, 0.1) is 26.0 Å². The number of hydrogen-bond acceptors (Lipinski definition) is 6. The Hall–Kier alpha value is -1.85. The van der Waals surface area contributed by atoms with Gasteiger partial charge in [0.25, 0.3) is 0 Å². The van der Waals surface area contributed by atoms with E-state index in [9.17, 15) is 9.59 Å². The van der Waals surface area contributed by atoms with Crippen molar-refractivity contribution in [2.75, 3.05) is 14.2 Å². The molecule has 0 radical (unpaired) electrons. The molecule has 0 unspecified atom stereocenters. The van der Waals surface area contributed by atoms with Gasteiger partial charge in [0.15, 0.2) is 0 Å². The summed E-state index contributed by atoms with van der Waals surface area (Å²) in [5, 5.41) is 3.52. The van der Waals surface area contributed by atoms with Crippen LogP contribution in [0.25, 0.3) is 0 Å². The molecule has 6 nitrogen and oxygen atoms in total. The first kappa shape index (κ1) is 13.2. The molecule has 0 amide bonds. The number of oxime groups is 1. The lowest BCUT2D eigenvalue weighted by molar-refractivity contribution is -0.142. The van der Waals surface area contributed by atoms with E-state index < -0.39 is 11.9 Å². The first-order valence-electron chi connectivity index (χ1n) is 4.07. The van der Waals surface area contributed by atoms with Gasteiger partial charge in [0, 0.05) is 0 Å². The summed E-state index contributed by atoms with van der Waals surface area (Å²) in [7, 11) is 2.35. The van der Waals surface area contributed by atoms with E-state index in [0.29, 0.717) is 5.71 Å². The number of carbonyl (C=O) groups is 2. The Balaban J connectivity index is 4.73. The van der Waals surface area contributed by atoms with Crippen molar-refractivity contribution in [3.63, 3.8) is 0 Å². The Morgan fingerprint density at radius 2 is 1.73 bits per heavy atom. The van der Waals surface area contributed by atoms with Crippen LogP contribution >= 0.6 is 0 Å². The fourth-order valence-corrected chi connectivity index (χ4v) is 0.530. The normalized spacial score (nSPS) is 10.3. The van der Waals surface area contributed by atoms with Crippen molar-refractivity contribution in [3.8, 4) is 0 Å².